The summed E-state index contributed by atoms with van der Waals surface area (Å²) in [5, 5.41) is 0. The molecule has 0 radical (unpaired) electrons. The van der Waals surface area contributed by atoms with Gasteiger partial charge in [0.05, 0.1) is 6.61 Å². The van der Waals surface area contributed by atoms with Crippen LogP contribution in [0.15, 0.2) is 24.3 Å². The molecule has 0 aromatic heterocycles. The number of allylic oxidation sites excluding steroid dienone is 4. The van der Waals surface area contributed by atoms with Gasteiger partial charge in [0.2, 0.25) is 0 Å². The van der Waals surface area contributed by atoms with E-state index < -0.39 is 32.5 Å². The molecule has 0 rings (SSSR count). The number of carbonyl (C=O) groups is 2. The molecule has 9 heteroatoms. The van der Waals surface area contributed by atoms with E-state index in [1.54, 1.807) is 0 Å². The highest BCUT2D eigenvalue weighted by molar-refractivity contribution is 7.46. The Morgan fingerprint density at radius 3 is 1.48 bits per heavy atom. The summed E-state index contributed by atoms with van der Waals surface area (Å²) in [4.78, 5) is 42.6. The van der Waals surface area contributed by atoms with Gasteiger partial charge < -0.3 is 19.3 Å². The minimum absolute atomic E-state index is 0.198. The molecule has 0 aromatic rings. The average Bonchev–Trinajstić information content (AvgIpc) is 3.02. The molecular weight excluding hydrogens is 603 g/mol. The molecule has 0 unspecified atom stereocenters. The molecule has 0 aromatic carbocycles. The Labute approximate surface area is 281 Å². The maximum atomic E-state index is 12.3. The number of carbonyl (C=O) groups excluding carboxylic acids is 2. The van der Waals surface area contributed by atoms with Gasteiger partial charge in [-0.1, -0.05) is 147 Å². The molecule has 0 aliphatic rings. The Hall–Kier alpha value is -1.47. The molecule has 0 spiro atoms. The third-order valence-electron chi connectivity index (χ3n) is 7.97. The number of phosphoric ester groups is 1. The molecule has 0 saturated carbocycles. The second-order valence-corrected chi connectivity index (χ2v) is 13.8. The zero-order chi connectivity index (χ0) is 34.0. The fraction of sp³-hybridized carbons (Fsp3) is 0.838. The lowest BCUT2D eigenvalue weighted by atomic mass is 10.0. The third-order valence-corrected chi connectivity index (χ3v) is 8.46. The molecule has 0 bridgehead atoms. The third kappa shape index (κ3) is 35.4. The van der Waals surface area contributed by atoms with Gasteiger partial charge in [0, 0.05) is 12.8 Å². The van der Waals surface area contributed by atoms with Crippen LogP contribution in [0.1, 0.15) is 181 Å². The van der Waals surface area contributed by atoms with E-state index in [0.717, 1.165) is 57.8 Å². The van der Waals surface area contributed by atoms with Gasteiger partial charge >= 0.3 is 19.8 Å². The van der Waals surface area contributed by atoms with E-state index in [1.165, 1.54) is 89.9 Å². The average molecular weight is 673 g/mol. The molecule has 0 saturated heterocycles. The van der Waals surface area contributed by atoms with Crippen LogP contribution in [0.25, 0.3) is 0 Å². The quantitative estimate of drug-likeness (QED) is 0.0300. The fourth-order valence-electron chi connectivity index (χ4n) is 5.17. The van der Waals surface area contributed by atoms with Gasteiger partial charge in [0.25, 0.3) is 0 Å². The van der Waals surface area contributed by atoms with Crippen LogP contribution >= 0.6 is 7.82 Å². The predicted octanol–water partition coefficient (Wildman–Crippen LogP) is 10.8. The molecular formula is C37H69O8P. The van der Waals surface area contributed by atoms with E-state index in [0.29, 0.717) is 6.42 Å². The molecule has 0 aliphatic carbocycles. The van der Waals surface area contributed by atoms with Gasteiger partial charge in [-0.05, 0) is 44.9 Å². The highest BCUT2D eigenvalue weighted by Gasteiger charge is 2.22. The second-order valence-electron chi connectivity index (χ2n) is 12.6. The number of esters is 2. The van der Waals surface area contributed by atoms with Crippen molar-refractivity contribution in [3.8, 4) is 0 Å². The smallest absolute Gasteiger partial charge is 0.462 e. The Kier molecular flexibility index (Phi) is 32.4. The van der Waals surface area contributed by atoms with Crippen molar-refractivity contribution in [2.75, 3.05) is 13.2 Å². The van der Waals surface area contributed by atoms with Gasteiger partial charge in [-0.2, -0.15) is 0 Å². The predicted molar refractivity (Wildman–Crippen MR) is 189 cm³/mol. The van der Waals surface area contributed by atoms with Crippen LogP contribution in [0, 0.1) is 0 Å². The van der Waals surface area contributed by atoms with Crippen molar-refractivity contribution in [2.24, 2.45) is 0 Å². The number of phosphoric acid groups is 1. The van der Waals surface area contributed by atoms with Gasteiger partial charge in [0.15, 0.2) is 6.10 Å². The maximum absolute atomic E-state index is 12.3. The van der Waals surface area contributed by atoms with Crippen LogP contribution in [0.2, 0.25) is 0 Å². The summed E-state index contributed by atoms with van der Waals surface area (Å²) < 4.78 is 26.3. The SMILES string of the molecule is CCCCCC=CCC=CCCCCCCCC(=O)O[C@H](COC(=O)CCCCCCCCCCCCCCC)COP(=O)(O)O. The highest BCUT2D eigenvalue weighted by atomic mass is 31.2. The van der Waals surface area contributed by atoms with Crippen molar-refractivity contribution in [1.29, 1.82) is 0 Å². The van der Waals surface area contributed by atoms with E-state index in [2.05, 4.69) is 42.7 Å². The summed E-state index contributed by atoms with van der Waals surface area (Å²) in [7, 11) is -4.75. The maximum Gasteiger partial charge on any atom is 0.469 e. The Balaban J connectivity index is 3.99. The number of ether oxygens (including phenoxy) is 2. The summed E-state index contributed by atoms with van der Waals surface area (Å²) in [6.07, 6.45) is 36.1. The Bertz CT molecular complexity index is 807. The van der Waals surface area contributed by atoms with Crippen LogP contribution in [-0.4, -0.2) is 41.0 Å². The molecule has 1 atom stereocenters. The fourth-order valence-corrected chi connectivity index (χ4v) is 5.53. The molecule has 270 valence electrons. The first-order valence-electron chi connectivity index (χ1n) is 18.6. The minimum Gasteiger partial charge on any atom is -0.462 e. The molecule has 0 amide bonds. The zero-order valence-electron chi connectivity index (χ0n) is 29.5. The van der Waals surface area contributed by atoms with E-state index in [4.69, 9.17) is 19.3 Å². The lowest BCUT2D eigenvalue weighted by molar-refractivity contribution is -0.161. The standard InChI is InChI=1S/C37H69O8P/c1-3-5-7-9-11-13-15-17-18-20-22-24-26-28-30-32-37(39)45-35(34-44-46(40,41)42)33-43-36(38)31-29-27-25-23-21-19-16-14-12-10-8-6-4-2/h11,13,17-18,35H,3-10,12,14-16,19-34H2,1-2H3,(H2,40,41,42)/t35-/m1/s1. The lowest BCUT2D eigenvalue weighted by Crippen LogP contribution is -2.29. The lowest BCUT2D eigenvalue weighted by Gasteiger charge is -2.18. The van der Waals surface area contributed by atoms with Crippen LogP contribution in [0.3, 0.4) is 0 Å². The molecule has 0 heterocycles. The summed E-state index contributed by atoms with van der Waals surface area (Å²) in [5.74, 6) is -0.897. The largest absolute Gasteiger partial charge is 0.469 e. The van der Waals surface area contributed by atoms with E-state index in [9.17, 15) is 14.2 Å². The van der Waals surface area contributed by atoms with Crippen molar-refractivity contribution >= 4 is 19.8 Å². The monoisotopic (exact) mass is 672 g/mol. The molecule has 46 heavy (non-hydrogen) atoms. The van der Waals surface area contributed by atoms with E-state index in [1.807, 2.05) is 0 Å². The first-order valence-corrected chi connectivity index (χ1v) is 20.2. The molecule has 8 nitrogen and oxygen atoms in total. The second kappa shape index (κ2) is 33.4. The van der Waals surface area contributed by atoms with Gasteiger partial charge in [-0.15, -0.1) is 0 Å². The Morgan fingerprint density at radius 2 is 0.978 bits per heavy atom. The molecule has 0 aliphatic heterocycles. The Morgan fingerprint density at radius 1 is 0.565 bits per heavy atom. The summed E-state index contributed by atoms with van der Waals surface area (Å²) >= 11 is 0. The van der Waals surface area contributed by atoms with Crippen LogP contribution in [0.4, 0.5) is 0 Å². The first kappa shape index (κ1) is 44.5. The van der Waals surface area contributed by atoms with Gasteiger partial charge in [-0.3, -0.25) is 14.1 Å². The highest BCUT2D eigenvalue weighted by Crippen LogP contribution is 2.36. The summed E-state index contributed by atoms with van der Waals surface area (Å²) in [5.41, 5.74) is 0. The summed E-state index contributed by atoms with van der Waals surface area (Å²) in [6, 6.07) is 0. The molecule has 2 N–H and O–H groups in total. The minimum atomic E-state index is -4.75. The van der Waals surface area contributed by atoms with Crippen molar-refractivity contribution in [2.45, 2.75) is 187 Å². The van der Waals surface area contributed by atoms with Crippen LogP contribution in [-0.2, 0) is 28.2 Å². The number of hydrogen-bond donors (Lipinski definition) is 2. The van der Waals surface area contributed by atoms with Crippen LogP contribution in [0.5, 0.6) is 0 Å². The van der Waals surface area contributed by atoms with Crippen molar-refractivity contribution in [3.63, 3.8) is 0 Å². The van der Waals surface area contributed by atoms with Crippen LogP contribution < -0.4 is 0 Å². The normalized spacial score (nSPS) is 12.7. The number of rotatable bonds is 34. The van der Waals surface area contributed by atoms with E-state index >= 15 is 0 Å². The van der Waals surface area contributed by atoms with E-state index in [-0.39, 0.29) is 19.4 Å². The van der Waals surface area contributed by atoms with Crippen molar-refractivity contribution in [1.82, 2.24) is 0 Å². The zero-order valence-corrected chi connectivity index (χ0v) is 30.4. The first-order chi connectivity index (χ1) is 22.3. The van der Waals surface area contributed by atoms with Crippen molar-refractivity contribution < 1.29 is 37.9 Å². The summed E-state index contributed by atoms with van der Waals surface area (Å²) in [6.45, 7) is 3.64. The molecule has 0 fully saturated rings. The van der Waals surface area contributed by atoms with Gasteiger partial charge in [-0.25, -0.2) is 4.57 Å². The van der Waals surface area contributed by atoms with Gasteiger partial charge in [0.1, 0.15) is 6.61 Å². The number of hydrogen-bond acceptors (Lipinski definition) is 6. The number of unbranched alkanes of at least 4 members (excludes halogenated alkanes) is 20. The topological polar surface area (TPSA) is 119 Å². The van der Waals surface area contributed by atoms with Crippen molar-refractivity contribution in [3.05, 3.63) is 24.3 Å².